The van der Waals surface area contributed by atoms with E-state index in [-0.39, 0.29) is 29.9 Å². The van der Waals surface area contributed by atoms with Crippen LogP contribution >= 0.6 is 0 Å². The maximum absolute atomic E-state index is 14.1. The first kappa shape index (κ1) is 25.1. The highest BCUT2D eigenvalue weighted by atomic mass is 32.2. The van der Waals surface area contributed by atoms with Gasteiger partial charge in [0.25, 0.3) is 0 Å². The van der Waals surface area contributed by atoms with Crippen LogP contribution in [0.15, 0.2) is 48.5 Å². The van der Waals surface area contributed by atoms with E-state index in [2.05, 4.69) is 30.9 Å². The Kier molecular flexibility index (Phi) is 5.80. The van der Waals surface area contributed by atoms with Crippen molar-refractivity contribution in [2.45, 2.75) is 87.3 Å². The first-order valence-electron chi connectivity index (χ1n) is 14.5. The van der Waals surface area contributed by atoms with E-state index in [1.54, 1.807) is 4.31 Å². The maximum Gasteiger partial charge on any atom is 0.218 e. The molecule has 2 aromatic rings. The Morgan fingerprint density at radius 1 is 1.08 bits per heavy atom. The topological polar surface area (TPSA) is 70.1 Å². The van der Waals surface area contributed by atoms with Crippen molar-refractivity contribution in [2.75, 3.05) is 19.6 Å². The van der Waals surface area contributed by atoms with E-state index in [4.69, 9.17) is 4.74 Å². The Morgan fingerprint density at radius 3 is 2.61 bits per heavy atom. The fourth-order valence-electron chi connectivity index (χ4n) is 8.40. The maximum atomic E-state index is 14.1. The quantitative estimate of drug-likeness (QED) is 0.550. The van der Waals surface area contributed by atoms with Crippen molar-refractivity contribution < 1.29 is 18.3 Å². The van der Waals surface area contributed by atoms with Gasteiger partial charge in [0, 0.05) is 24.7 Å². The van der Waals surface area contributed by atoms with Crippen LogP contribution in [0.1, 0.15) is 62.6 Å². The van der Waals surface area contributed by atoms with E-state index in [1.807, 2.05) is 36.4 Å². The fraction of sp³-hybridized carbons (Fsp3) is 0.613. The lowest BCUT2D eigenvalue weighted by molar-refractivity contribution is -0.196. The molecular formula is C31H40N2O4S. The molecule has 2 heterocycles. The zero-order valence-electron chi connectivity index (χ0n) is 22.6. The zero-order valence-corrected chi connectivity index (χ0v) is 23.4. The van der Waals surface area contributed by atoms with Gasteiger partial charge in [-0.25, -0.2) is 8.42 Å². The summed E-state index contributed by atoms with van der Waals surface area (Å²) in [6, 6.07) is 15.6. The molecule has 38 heavy (non-hydrogen) atoms. The van der Waals surface area contributed by atoms with Gasteiger partial charge in [0.2, 0.25) is 10.0 Å². The highest BCUT2D eigenvalue weighted by Crippen LogP contribution is 2.64. The van der Waals surface area contributed by atoms with Crippen LogP contribution in [0.25, 0.3) is 0 Å². The second kappa shape index (κ2) is 8.79. The molecule has 3 fully saturated rings. The van der Waals surface area contributed by atoms with Crippen molar-refractivity contribution in [1.29, 1.82) is 0 Å². The van der Waals surface area contributed by atoms with E-state index in [0.717, 1.165) is 43.2 Å². The molecule has 1 spiro atoms. The summed E-state index contributed by atoms with van der Waals surface area (Å²) in [7, 11) is -3.61. The normalized spacial score (nSPS) is 33.9. The monoisotopic (exact) mass is 536 g/mol. The Bertz CT molecular complexity index is 1330. The molecular weight excluding hydrogens is 496 g/mol. The van der Waals surface area contributed by atoms with Crippen LogP contribution in [-0.4, -0.2) is 66.2 Å². The molecule has 1 saturated heterocycles. The van der Waals surface area contributed by atoms with Gasteiger partial charge in [-0.1, -0.05) is 56.3 Å². The summed E-state index contributed by atoms with van der Waals surface area (Å²) in [4.78, 5) is 2.56. The molecule has 5 atom stereocenters. The van der Waals surface area contributed by atoms with Crippen LogP contribution < -0.4 is 4.74 Å². The number of sulfonamides is 1. The van der Waals surface area contributed by atoms with Gasteiger partial charge in [-0.05, 0) is 74.1 Å². The lowest BCUT2D eigenvalue weighted by Gasteiger charge is -2.64. The van der Waals surface area contributed by atoms with Gasteiger partial charge in [-0.3, -0.25) is 4.90 Å². The lowest BCUT2D eigenvalue weighted by atomic mass is 9.48. The summed E-state index contributed by atoms with van der Waals surface area (Å²) in [5.41, 5.74) is 1.78. The molecule has 0 aromatic heterocycles. The second-order valence-corrected chi connectivity index (χ2v) is 14.9. The van der Waals surface area contributed by atoms with Crippen molar-refractivity contribution in [3.63, 3.8) is 0 Å². The van der Waals surface area contributed by atoms with Gasteiger partial charge in [0.1, 0.15) is 11.9 Å². The minimum atomic E-state index is -3.61. The van der Waals surface area contributed by atoms with Crippen LogP contribution in [0.4, 0.5) is 0 Å². The molecule has 1 N–H and O–H groups in total. The van der Waals surface area contributed by atoms with E-state index in [1.165, 1.54) is 24.0 Å². The lowest BCUT2D eigenvalue weighted by Crippen LogP contribution is -2.78. The smallest absolute Gasteiger partial charge is 0.218 e. The number of ether oxygens (including phenoxy) is 1. The Balaban J connectivity index is 1.31. The number of rotatable bonds is 8. The highest BCUT2D eigenvalue weighted by molar-refractivity contribution is 7.88. The molecule has 0 amide bonds. The van der Waals surface area contributed by atoms with Crippen LogP contribution in [0, 0.1) is 11.8 Å². The van der Waals surface area contributed by atoms with Crippen molar-refractivity contribution in [3.8, 4) is 5.75 Å². The average molecular weight is 537 g/mol. The van der Waals surface area contributed by atoms with Gasteiger partial charge < -0.3 is 9.84 Å². The molecule has 2 saturated carbocycles. The van der Waals surface area contributed by atoms with Gasteiger partial charge in [0.05, 0.1) is 22.8 Å². The SMILES string of the molecule is CC(C)CN(C1CC[C@@]2(O)[C@H]3Cc4cccc5c4[C@@]2(CCN3CC2CC2)C1O5)S(=O)(=O)Cc1ccccc1. The Morgan fingerprint density at radius 2 is 1.87 bits per heavy atom. The molecule has 204 valence electrons. The molecule has 7 rings (SSSR count). The standard InChI is InChI=1S/C31H40N2O4S/c1-21(2)18-33(38(35,36)20-23-7-4-3-5-8-23)25-13-14-31(34)27-17-24-9-6-10-26-28(24)30(31,29(25)37-26)15-16-32(27)19-22-11-12-22/h3-10,21-22,25,27,29,34H,11-20H2,1-2H3/t25?,27-,29?,30+,31-/m1/s1. The van der Waals surface area contributed by atoms with E-state index >= 15 is 0 Å². The van der Waals surface area contributed by atoms with Gasteiger partial charge in [-0.15, -0.1) is 0 Å². The van der Waals surface area contributed by atoms with Gasteiger partial charge in [-0.2, -0.15) is 4.31 Å². The average Bonchev–Trinajstić information content (AvgIpc) is 3.62. The van der Waals surface area contributed by atoms with Crippen molar-refractivity contribution in [1.82, 2.24) is 9.21 Å². The van der Waals surface area contributed by atoms with E-state index < -0.39 is 21.0 Å². The molecule has 2 bridgehead atoms. The molecule has 6 nitrogen and oxygen atoms in total. The molecule has 3 aliphatic carbocycles. The number of benzene rings is 2. The third-order valence-corrected chi connectivity index (χ3v) is 11.9. The molecule has 5 aliphatic rings. The summed E-state index contributed by atoms with van der Waals surface area (Å²) < 4.78 is 36.7. The number of aliphatic hydroxyl groups is 1. The second-order valence-electron chi connectivity index (χ2n) is 12.9. The van der Waals surface area contributed by atoms with Crippen LogP contribution in [-0.2, 0) is 27.6 Å². The molecule has 7 heteroatoms. The van der Waals surface area contributed by atoms with E-state index in [0.29, 0.717) is 19.4 Å². The first-order chi connectivity index (χ1) is 18.2. The summed E-state index contributed by atoms with van der Waals surface area (Å²) in [6.45, 7) is 6.62. The number of hydrogen-bond acceptors (Lipinski definition) is 5. The fourth-order valence-corrected chi connectivity index (χ4v) is 10.3. The number of nitrogens with zero attached hydrogens (tertiary/aromatic N) is 2. The minimum absolute atomic E-state index is 0.0168. The number of piperidine rings is 1. The summed E-state index contributed by atoms with van der Waals surface area (Å²) in [5.74, 6) is 1.78. The van der Waals surface area contributed by atoms with Gasteiger partial charge >= 0.3 is 0 Å². The summed E-state index contributed by atoms with van der Waals surface area (Å²) >= 11 is 0. The molecule has 2 aromatic carbocycles. The third-order valence-electron chi connectivity index (χ3n) is 10.1. The van der Waals surface area contributed by atoms with Crippen molar-refractivity contribution >= 4 is 10.0 Å². The highest BCUT2D eigenvalue weighted by Gasteiger charge is 2.73. The zero-order chi connectivity index (χ0) is 26.3. The van der Waals surface area contributed by atoms with Crippen LogP contribution in [0.3, 0.4) is 0 Å². The van der Waals surface area contributed by atoms with Crippen LogP contribution in [0.5, 0.6) is 5.75 Å². The number of likely N-dealkylation sites (tertiary alicyclic amines) is 1. The minimum Gasteiger partial charge on any atom is -0.487 e. The largest absolute Gasteiger partial charge is 0.487 e. The summed E-state index contributed by atoms with van der Waals surface area (Å²) in [5, 5.41) is 12.7. The molecule has 0 radical (unpaired) electrons. The van der Waals surface area contributed by atoms with E-state index in [9.17, 15) is 13.5 Å². The predicted octanol–water partition coefficient (Wildman–Crippen LogP) is 4.11. The van der Waals surface area contributed by atoms with Gasteiger partial charge in [0.15, 0.2) is 0 Å². The Hall–Kier alpha value is -1.93. The van der Waals surface area contributed by atoms with Crippen LogP contribution in [0.2, 0.25) is 0 Å². The van der Waals surface area contributed by atoms with Crippen molar-refractivity contribution in [2.24, 2.45) is 11.8 Å². The third kappa shape index (κ3) is 3.65. The number of hydrogen-bond donors (Lipinski definition) is 1. The molecule has 2 unspecified atom stereocenters. The predicted molar refractivity (Wildman–Crippen MR) is 148 cm³/mol. The Labute approximate surface area is 227 Å². The molecule has 2 aliphatic heterocycles. The summed E-state index contributed by atoms with van der Waals surface area (Å²) in [6.07, 6.45) is 5.08. The first-order valence-corrected chi connectivity index (χ1v) is 16.1. The van der Waals surface area contributed by atoms with Crippen molar-refractivity contribution in [3.05, 3.63) is 65.2 Å².